The summed E-state index contributed by atoms with van der Waals surface area (Å²) in [5, 5.41) is 3.51. The number of halogens is 1. The van der Waals surface area contributed by atoms with Crippen LogP contribution in [0.3, 0.4) is 0 Å². The van der Waals surface area contributed by atoms with Gasteiger partial charge in [0.1, 0.15) is 5.75 Å². The van der Waals surface area contributed by atoms with E-state index in [1.54, 1.807) is 0 Å². The molecular weight excluding hydrogens is 316 g/mol. The van der Waals surface area contributed by atoms with Crippen LogP contribution in [-0.2, 0) is 13.0 Å². The van der Waals surface area contributed by atoms with Crippen molar-refractivity contribution < 1.29 is 4.74 Å². The first-order valence-corrected chi connectivity index (χ1v) is 7.62. The van der Waals surface area contributed by atoms with Crippen LogP contribution in [0.1, 0.15) is 29.8 Å². The highest BCUT2D eigenvalue weighted by Crippen LogP contribution is 2.33. The van der Waals surface area contributed by atoms with Gasteiger partial charge < -0.3 is 10.1 Å². The lowest BCUT2D eigenvalue weighted by atomic mass is 10.1. The lowest BCUT2D eigenvalue weighted by molar-refractivity contribution is 0.351. The molecule has 3 rings (SSSR count). The van der Waals surface area contributed by atoms with Gasteiger partial charge in [0.05, 0.1) is 12.3 Å². The third-order valence-electron chi connectivity index (χ3n) is 3.56. The number of fused-ring (bicyclic) bond motifs is 1. The Morgan fingerprint density at radius 2 is 2.30 bits per heavy atom. The first-order valence-electron chi connectivity index (χ1n) is 6.82. The molecule has 0 radical (unpaired) electrons. The van der Waals surface area contributed by atoms with Crippen molar-refractivity contribution in [1.29, 1.82) is 0 Å². The molecular formula is C16H17BrN2O. The van der Waals surface area contributed by atoms with E-state index < -0.39 is 0 Å². The largest absolute Gasteiger partial charge is 0.493 e. The van der Waals surface area contributed by atoms with Gasteiger partial charge in [-0.05, 0) is 36.8 Å². The normalized spacial score (nSPS) is 14.7. The Kier molecular flexibility index (Phi) is 4.03. The molecule has 1 N–H and O–H groups in total. The van der Waals surface area contributed by atoms with Crippen molar-refractivity contribution in [3.8, 4) is 5.75 Å². The Bertz CT molecular complexity index is 601. The minimum atomic E-state index is 0.215. The number of ether oxygens (including phenoxy) is 1. The van der Waals surface area contributed by atoms with E-state index in [1.165, 1.54) is 11.1 Å². The molecule has 0 saturated carbocycles. The highest BCUT2D eigenvalue weighted by molar-refractivity contribution is 9.10. The van der Waals surface area contributed by atoms with Crippen LogP contribution in [0.2, 0.25) is 0 Å². The number of pyridine rings is 1. The van der Waals surface area contributed by atoms with Crippen molar-refractivity contribution in [1.82, 2.24) is 10.3 Å². The van der Waals surface area contributed by atoms with Crippen molar-refractivity contribution in [2.24, 2.45) is 0 Å². The molecule has 3 nitrogen and oxygen atoms in total. The van der Waals surface area contributed by atoms with Crippen molar-refractivity contribution in [3.05, 3.63) is 57.8 Å². The van der Waals surface area contributed by atoms with Crippen LogP contribution >= 0.6 is 15.9 Å². The zero-order valence-electron chi connectivity index (χ0n) is 11.4. The summed E-state index contributed by atoms with van der Waals surface area (Å²) in [5.41, 5.74) is 3.55. The molecule has 104 valence electrons. The minimum Gasteiger partial charge on any atom is -0.493 e. The summed E-state index contributed by atoms with van der Waals surface area (Å²) in [6, 6.07) is 10.5. The Morgan fingerprint density at radius 3 is 3.10 bits per heavy atom. The van der Waals surface area contributed by atoms with E-state index >= 15 is 0 Å². The number of nitrogens with zero attached hydrogens (tertiary/aromatic N) is 1. The average Bonchev–Trinajstić information content (AvgIpc) is 2.93. The quantitative estimate of drug-likeness (QED) is 0.928. The van der Waals surface area contributed by atoms with Gasteiger partial charge in [0.25, 0.3) is 0 Å². The van der Waals surface area contributed by atoms with Crippen LogP contribution in [0.5, 0.6) is 5.75 Å². The molecule has 2 aromatic rings. The molecule has 1 atom stereocenters. The SMILES string of the molecule is C[C@H](NCc1cc(Br)cc2c1OCC2)c1ccccn1. The first-order chi connectivity index (χ1) is 9.74. The van der Waals surface area contributed by atoms with E-state index in [0.717, 1.165) is 35.5 Å². The molecule has 2 heterocycles. The van der Waals surface area contributed by atoms with Crippen molar-refractivity contribution >= 4 is 15.9 Å². The molecule has 0 fully saturated rings. The standard InChI is InChI=1S/C16H17BrN2O/c1-11(15-4-2-3-6-18-15)19-10-13-9-14(17)8-12-5-7-20-16(12)13/h2-4,6,8-9,11,19H,5,7,10H2,1H3/t11-/m0/s1. The molecule has 0 aliphatic carbocycles. The summed E-state index contributed by atoms with van der Waals surface area (Å²) in [4.78, 5) is 4.38. The number of rotatable bonds is 4. The maximum Gasteiger partial charge on any atom is 0.127 e. The smallest absolute Gasteiger partial charge is 0.127 e. The van der Waals surface area contributed by atoms with Crippen LogP contribution in [0.4, 0.5) is 0 Å². The average molecular weight is 333 g/mol. The highest BCUT2D eigenvalue weighted by Gasteiger charge is 2.18. The van der Waals surface area contributed by atoms with Gasteiger partial charge >= 0.3 is 0 Å². The fraction of sp³-hybridized carbons (Fsp3) is 0.312. The fourth-order valence-corrected chi connectivity index (χ4v) is 3.03. The van der Waals surface area contributed by atoms with Crippen LogP contribution in [0, 0.1) is 0 Å². The lowest BCUT2D eigenvalue weighted by Gasteiger charge is -2.15. The number of nitrogens with one attached hydrogen (secondary N) is 1. The second-order valence-corrected chi connectivity index (χ2v) is 5.92. The predicted molar refractivity (Wildman–Crippen MR) is 82.8 cm³/mol. The van der Waals surface area contributed by atoms with Gasteiger partial charge in [0.15, 0.2) is 0 Å². The topological polar surface area (TPSA) is 34.1 Å². The second kappa shape index (κ2) is 5.94. The lowest BCUT2D eigenvalue weighted by Crippen LogP contribution is -2.19. The highest BCUT2D eigenvalue weighted by atomic mass is 79.9. The number of aromatic nitrogens is 1. The van der Waals surface area contributed by atoms with Crippen molar-refractivity contribution in [2.45, 2.75) is 25.9 Å². The molecule has 1 aromatic heterocycles. The van der Waals surface area contributed by atoms with E-state index in [1.807, 2.05) is 24.4 Å². The molecule has 0 bridgehead atoms. The summed E-state index contributed by atoms with van der Waals surface area (Å²) >= 11 is 3.57. The zero-order chi connectivity index (χ0) is 13.9. The van der Waals surface area contributed by atoms with Gasteiger partial charge in [-0.25, -0.2) is 0 Å². The molecule has 1 aliphatic rings. The Morgan fingerprint density at radius 1 is 1.40 bits per heavy atom. The van der Waals surface area contributed by atoms with Gasteiger partial charge in [-0.3, -0.25) is 4.98 Å². The van der Waals surface area contributed by atoms with E-state index in [-0.39, 0.29) is 6.04 Å². The second-order valence-electron chi connectivity index (χ2n) is 5.01. The number of benzene rings is 1. The Balaban J connectivity index is 1.73. The fourth-order valence-electron chi connectivity index (χ4n) is 2.48. The molecule has 0 saturated heterocycles. The maximum atomic E-state index is 5.75. The van der Waals surface area contributed by atoms with Crippen LogP contribution in [-0.4, -0.2) is 11.6 Å². The van der Waals surface area contributed by atoms with Gasteiger partial charge in [-0.2, -0.15) is 0 Å². The molecule has 20 heavy (non-hydrogen) atoms. The molecule has 0 unspecified atom stereocenters. The van der Waals surface area contributed by atoms with Crippen LogP contribution < -0.4 is 10.1 Å². The van der Waals surface area contributed by atoms with Gasteiger partial charge in [-0.1, -0.05) is 22.0 Å². The van der Waals surface area contributed by atoms with Crippen LogP contribution in [0.15, 0.2) is 41.0 Å². The molecule has 1 aliphatic heterocycles. The Hall–Kier alpha value is -1.39. The summed E-state index contributed by atoms with van der Waals surface area (Å²) in [5.74, 6) is 1.05. The third-order valence-corrected chi connectivity index (χ3v) is 4.01. The van der Waals surface area contributed by atoms with E-state index in [2.05, 4.69) is 45.3 Å². The minimum absolute atomic E-state index is 0.215. The summed E-state index contributed by atoms with van der Waals surface area (Å²) in [6.07, 6.45) is 2.82. The monoisotopic (exact) mass is 332 g/mol. The third kappa shape index (κ3) is 2.86. The van der Waals surface area contributed by atoms with Crippen LogP contribution in [0.25, 0.3) is 0 Å². The van der Waals surface area contributed by atoms with Crippen molar-refractivity contribution in [2.75, 3.05) is 6.61 Å². The zero-order valence-corrected chi connectivity index (χ0v) is 13.0. The van der Waals surface area contributed by atoms with E-state index in [0.29, 0.717) is 0 Å². The van der Waals surface area contributed by atoms with Gasteiger partial charge in [0, 0.05) is 35.2 Å². The maximum absolute atomic E-state index is 5.75. The molecule has 1 aromatic carbocycles. The van der Waals surface area contributed by atoms with E-state index in [9.17, 15) is 0 Å². The summed E-state index contributed by atoms with van der Waals surface area (Å²) < 4.78 is 6.86. The summed E-state index contributed by atoms with van der Waals surface area (Å²) in [6.45, 7) is 3.69. The van der Waals surface area contributed by atoms with Gasteiger partial charge in [0.2, 0.25) is 0 Å². The van der Waals surface area contributed by atoms with Crippen molar-refractivity contribution in [3.63, 3.8) is 0 Å². The number of hydrogen-bond donors (Lipinski definition) is 1. The van der Waals surface area contributed by atoms with E-state index in [4.69, 9.17) is 4.74 Å². The first kappa shape index (κ1) is 13.6. The Labute approximate surface area is 127 Å². The summed E-state index contributed by atoms with van der Waals surface area (Å²) in [7, 11) is 0. The number of hydrogen-bond acceptors (Lipinski definition) is 3. The molecule has 0 spiro atoms. The van der Waals surface area contributed by atoms with Gasteiger partial charge in [-0.15, -0.1) is 0 Å². The molecule has 4 heteroatoms. The molecule has 0 amide bonds. The predicted octanol–water partition coefficient (Wildman–Crippen LogP) is 3.63.